The van der Waals surface area contributed by atoms with Crippen molar-refractivity contribution in [2.75, 3.05) is 7.11 Å². The Hall–Kier alpha value is -1.52. The van der Waals surface area contributed by atoms with Crippen molar-refractivity contribution in [2.45, 2.75) is 23.1 Å². The number of thioether (sulfide) groups is 1. The van der Waals surface area contributed by atoms with Crippen LogP contribution in [0.2, 0.25) is 0 Å². The highest BCUT2D eigenvalue weighted by molar-refractivity contribution is 7.99. The monoisotopic (exact) mass is 274 g/mol. The summed E-state index contributed by atoms with van der Waals surface area (Å²) in [6, 6.07) is 13.9. The highest BCUT2D eigenvalue weighted by Crippen LogP contribution is 2.40. The summed E-state index contributed by atoms with van der Waals surface area (Å²) in [5.74, 6) is 0.870. The first kappa shape index (κ1) is 13.9. The topological polar surface area (TPSA) is 48.1 Å². The van der Waals surface area contributed by atoms with Crippen LogP contribution in [0.1, 0.15) is 17.9 Å². The van der Waals surface area contributed by atoms with E-state index in [0.29, 0.717) is 0 Å². The van der Waals surface area contributed by atoms with E-state index in [2.05, 4.69) is 4.98 Å². The SMILES string of the molecule is COc1ccccc1SC(c1ccccn1)C(C)N. The van der Waals surface area contributed by atoms with Crippen molar-refractivity contribution in [1.29, 1.82) is 0 Å². The summed E-state index contributed by atoms with van der Waals surface area (Å²) in [4.78, 5) is 5.49. The first-order chi connectivity index (χ1) is 9.22. The molecule has 100 valence electrons. The van der Waals surface area contributed by atoms with Crippen LogP contribution in [0.4, 0.5) is 0 Å². The molecule has 2 atom stereocenters. The molecular weight excluding hydrogens is 256 g/mol. The van der Waals surface area contributed by atoms with Gasteiger partial charge in [-0.3, -0.25) is 4.98 Å². The van der Waals surface area contributed by atoms with Gasteiger partial charge < -0.3 is 10.5 Å². The van der Waals surface area contributed by atoms with Gasteiger partial charge in [-0.1, -0.05) is 18.2 Å². The summed E-state index contributed by atoms with van der Waals surface area (Å²) in [6.45, 7) is 2.00. The third-order valence-corrected chi connectivity index (χ3v) is 4.30. The molecule has 0 saturated carbocycles. The Kier molecular flexibility index (Phi) is 4.82. The molecule has 4 heteroatoms. The summed E-state index contributed by atoms with van der Waals surface area (Å²) < 4.78 is 5.38. The molecule has 0 amide bonds. The molecule has 0 spiro atoms. The van der Waals surface area contributed by atoms with E-state index in [1.165, 1.54) is 0 Å². The summed E-state index contributed by atoms with van der Waals surface area (Å²) >= 11 is 1.69. The van der Waals surface area contributed by atoms with E-state index in [0.717, 1.165) is 16.3 Å². The maximum Gasteiger partial charge on any atom is 0.132 e. The Labute approximate surface area is 118 Å². The van der Waals surface area contributed by atoms with E-state index in [9.17, 15) is 0 Å². The second kappa shape index (κ2) is 6.59. The van der Waals surface area contributed by atoms with Crippen LogP contribution >= 0.6 is 11.8 Å². The first-order valence-electron chi connectivity index (χ1n) is 6.18. The van der Waals surface area contributed by atoms with Crippen molar-refractivity contribution in [3.8, 4) is 5.75 Å². The van der Waals surface area contributed by atoms with Crippen molar-refractivity contribution in [3.05, 3.63) is 54.4 Å². The van der Waals surface area contributed by atoms with E-state index in [4.69, 9.17) is 10.5 Å². The highest BCUT2D eigenvalue weighted by Gasteiger charge is 2.20. The molecule has 0 radical (unpaired) electrons. The number of rotatable bonds is 5. The van der Waals surface area contributed by atoms with Crippen LogP contribution in [-0.4, -0.2) is 18.1 Å². The second-order valence-electron chi connectivity index (χ2n) is 4.30. The molecule has 2 unspecified atom stereocenters. The molecule has 3 nitrogen and oxygen atoms in total. The van der Waals surface area contributed by atoms with Crippen molar-refractivity contribution in [2.24, 2.45) is 5.73 Å². The number of nitrogens with two attached hydrogens (primary N) is 1. The quantitative estimate of drug-likeness (QED) is 0.850. The van der Waals surface area contributed by atoms with Crippen molar-refractivity contribution in [3.63, 3.8) is 0 Å². The van der Waals surface area contributed by atoms with E-state index < -0.39 is 0 Å². The van der Waals surface area contributed by atoms with E-state index in [1.807, 2.05) is 49.4 Å². The molecule has 2 N–H and O–H groups in total. The largest absolute Gasteiger partial charge is 0.496 e. The van der Waals surface area contributed by atoms with Gasteiger partial charge in [-0.15, -0.1) is 11.8 Å². The lowest BCUT2D eigenvalue weighted by molar-refractivity contribution is 0.404. The van der Waals surface area contributed by atoms with Gasteiger partial charge >= 0.3 is 0 Å². The lowest BCUT2D eigenvalue weighted by Gasteiger charge is -2.20. The minimum absolute atomic E-state index is 0.00446. The first-order valence-corrected chi connectivity index (χ1v) is 7.06. The molecule has 0 aliphatic carbocycles. The predicted molar refractivity (Wildman–Crippen MR) is 79.5 cm³/mol. The number of ether oxygens (including phenoxy) is 1. The lowest BCUT2D eigenvalue weighted by atomic mass is 10.2. The number of hydrogen-bond donors (Lipinski definition) is 1. The molecule has 0 saturated heterocycles. The van der Waals surface area contributed by atoms with Crippen LogP contribution in [0.15, 0.2) is 53.6 Å². The van der Waals surface area contributed by atoms with Gasteiger partial charge in [-0.05, 0) is 31.2 Å². The number of nitrogens with zero attached hydrogens (tertiary/aromatic N) is 1. The van der Waals surface area contributed by atoms with Crippen LogP contribution in [0.3, 0.4) is 0 Å². The molecular formula is C15H18N2OS. The van der Waals surface area contributed by atoms with Crippen molar-refractivity contribution < 1.29 is 4.74 Å². The fourth-order valence-electron chi connectivity index (χ4n) is 1.83. The Bertz CT molecular complexity index is 517. The van der Waals surface area contributed by atoms with Gasteiger partial charge in [0.2, 0.25) is 0 Å². The molecule has 1 aromatic carbocycles. The number of aromatic nitrogens is 1. The van der Waals surface area contributed by atoms with Gasteiger partial charge in [0, 0.05) is 12.2 Å². The zero-order valence-corrected chi connectivity index (χ0v) is 11.9. The fraction of sp³-hybridized carbons (Fsp3) is 0.267. The van der Waals surface area contributed by atoms with Crippen LogP contribution in [-0.2, 0) is 0 Å². The highest BCUT2D eigenvalue weighted by atomic mass is 32.2. The van der Waals surface area contributed by atoms with Gasteiger partial charge in [0.15, 0.2) is 0 Å². The average Bonchev–Trinajstić information content (AvgIpc) is 2.45. The summed E-state index contributed by atoms with van der Waals surface area (Å²) in [5.41, 5.74) is 7.10. The van der Waals surface area contributed by atoms with Crippen molar-refractivity contribution >= 4 is 11.8 Å². The number of pyridine rings is 1. The lowest BCUT2D eigenvalue weighted by Crippen LogP contribution is -2.23. The maximum atomic E-state index is 6.11. The standard InChI is InChI=1S/C15H18N2OS/c1-11(16)15(12-7-5-6-10-17-12)19-14-9-4-3-8-13(14)18-2/h3-11,15H,16H2,1-2H3. The normalized spacial score (nSPS) is 13.8. The van der Waals surface area contributed by atoms with Crippen LogP contribution in [0.5, 0.6) is 5.75 Å². The van der Waals surface area contributed by atoms with Gasteiger partial charge in [-0.25, -0.2) is 0 Å². The van der Waals surface area contributed by atoms with Crippen LogP contribution < -0.4 is 10.5 Å². The Morgan fingerprint density at radius 2 is 1.89 bits per heavy atom. The van der Waals surface area contributed by atoms with E-state index in [1.54, 1.807) is 25.1 Å². The van der Waals surface area contributed by atoms with E-state index in [-0.39, 0.29) is 11.3 Å². The number of hydrogen-bond acceptors (Lipinski definition) is 4. The predicted octanol–water partition coefficient (Wildman–Crippen LogP) is 3.27. The molecule has 0 aliphatic heterocycles. The van der Waals surface area contributed by atoms with Crippen molar-refractivity contribution in [1.82, 2.24) is 4.98 Å². The molecule has 2 aromatic rings. The second-order valence-corrected chi connectivity index (χ2v) is 5.49. The zero-order chi connectivity index (χ0) is 13.7. The van der Waals surface area contributed by atoms with E-state index >= 15 is 0 Å². The number of benzene rings is 1. The molecule has 1 heterocycles. The van der Waals surface area contributed by atoms with Gasteiger partial charge in [0.05, 0.1) is 22.9 Å². The van der Waals surface area contributed by atoms with Gasteiger partial charge in [0.1, 0.15) is 5.75 Å². The third-order valence-electron chi connectivity index (χ3n) is 2.78. The minimum atomic E-state index is 0.00446. The molecule has 0 aliphatic rings. The Morgan fingerprint density at radius 3 is 2.53 bits per heavy atom. The molecule has 0 fully saturated rings. The zero-order valence-electron chi connectivity index (χ0n) is 11.1. The summed E-state index contributed by atoms with van der Waals surface area (Å²) in [7, 11) is 1.68. The molecule has 0 bridgehead atoms. The number of para-hydroxylation sites is 1. The average molecular weight is 274 g/mol. The Balaban J connectivity index is 2.27. The molecule has 19 heavy (non-hydrogen) atoms. The smallest absolute Gasteiger partial charge is 0.132 e. The Morgan fingerprint density at radius 1 is 1.16 bits per heavy atom. The maximum absolute atomic E-state index is 6.11. The molecule has 2 rings (SSSR count). The molecule has 1 aromatic heterocycles. The fourth-order valence-corrected chi connectivity index (χ4v) is 3.01. The summed E-state index contributed by atoms with van der Waals surface area (Å²) in [5, 5.41) is 0.109. The van der Waals surface area contributed by atoms with Gasteiger partial charge in [0.25, 0.3) is 0 Å². The third kappa shape index (κ3) is 3.49. The number of methoxy groups -OCH3 is 1. The van der Waals surface area contributed by atoms with Crippen LogP contribution in [0.25, 0.3) is 0 Å². The minimum Gasteiger partial charge on any atom is -0.496 e. The van der Waals surface area contributed by atoms with Crippen LogP contribution in [0, 0.1) is 0 Å². The van der Waals surface area contributed by atoms with Gasteiger partial charge in [-0.2, -0.15) is 0 Å². The summed E-state index contributed by atoms with van der Waals surface area (Å²) in [6.07, 6.45) is 1.80.